The van der Waals surface area contributed by atoms with Gasteiger partial charge in [-0.1, -0.05) is 13.8 Å². The predicted molar refractivity (Wildman–Crippen MR) is 58.0 cm³/mol. The Hall–Kier alpha value is -1.37. The maximum absolute atomic E-state index is 11.4. The lowest BCUT2D eigenvalue weighted by Crippen LogP contribution is -2.49. The fourth-order valence-corrected chi connectivity index (χ4v) is 1.14. The van der Waals surface area contributed by atoms with Crippen molar-refractivity contribution >= 4 is 23.6 Å². The quantitative estimate of drug-likeness (QED) is 0.418. The van der Waals surface area contributed by atoms with Crippen molar-refractivity contribution in [3.63, 3.8) is 0 Å². The number of amides is 2. The van der Waals surface area contributed by atoms with Gasteiger partial charge < -0.3 is 10.4 Å². The molecule has 2 N–H and O–H groups in total. The number of urea groups is 1. The average Bonchev–Trinajstić information content (AvgIpc) is 2.21. The van der Waals surface area contributed by atoms with Crippen molar-refractivity contribution in [3.8, 4) is 0 Å². The highest BCUT2D eigenvalue weighted by Crippen LogP contribution is 2.03. The summed E-state index contributed by atoms with van der Waals surface area (Å²) >= 11 is 5.34. The lowest BCUT2D eigenvalue weighted by molar-refractivity contribution is -0.140. The molecule has 0 aliphatic heterocycles. The zero-order valence-electron chi connectivity index (χ0n) is 9.01. The minimum absolute atomic E-state index is 0.0403. The molecule has 0 heterocycles. The Bertz CT molecular complexity index is 272. The van der Waals surface area contributed by atoms with Crippen molar-refractivity contribution in [3.05, 3.63) is 4.91 Å². The average molecular weight is 252 g/mol. The second kappa shape index (κ2) is 7.00. The summed E-state index contributed by atoms with van der Waals surface area (Å²) in [7, 11) is 0. The monoisotopic (exact) mass is 251 g/mol. The molecule has 0 aromatic carbocycles. The van der Waals surface area contributed by atoms with Crippen LogP contribution in [0.4, 0.5) is 4.79 Å². The van der Waals surface area contributed by atoms with Gasteiger partial charge in [0.2, 0.25) is 0 Å². The molecule has 7 nitrogen and oxygen atoms in total. The predicted octanol–water partition coefficient (Wildman–Crippen LogP) is 1.03. The van der Waals surface area contributed by atoms with E-state index < -0.39 is 18.0 Å². The number of carboxylic acids is 1. The molecule has 2 amide bonds. The first-order valence-electron chi connectivity index (χ1n) is 4.64. The minimum atomic E-state index is -1.17. The normalized spacial score (nSPS) is 12.0. The molecule has 0 saturated carbocycles. The van der Waals surface area contributed by atoms with Crippen LogP contribution >= 0.6 is 11.6 Å². The third-order valence-electron chi connectivity index (χ3n) is 1.84. The Kier molecular flexibility index (Phi) is 6.40. The van der Waals surface area contributed by atoms with Crippen molar-refractivity contribution in [1.82, 2.24) is 10.3 Å². The van der Waals surface area contributed by atoms with Crippen LogP contribution in [0, 0.1) is 10.8 Å². The smallest absolute Gasteiger partial charge is 0.341 e. The molecule has 16 heavy (non-hydrogen) atoms. The van der Waals surface area contributed by atoms with Crippen molar-refractivity contribution in [2.45, 2.75) is 19.9 Å². The van der Waals surface area contributed by atoms with Crippen LogP contribution in [0.5, 0.6) is 0 Å². The maximum atomic E-state index is 11.4. The molecule has 0 fully saturated rings. The van der Waals surface area contributed by atoms with Gasteiger partial charge in [0.15, 0.2) is 0 Å². The van der Waals surface area contributed by atoms with Gasteiger partial charge in [0.25, 0.3) is 0 Å². The van der Waals surface area contributed by atoms with Gasteiger partial charge in [-0.15, -0.1) is 16.5 Å². The summed E-state index contributed by atoms with van der Waals surface area (Å²) in [6, 6.07) is -1.93. The summed E-state index contributed by atoms with van der Waals surface area (Å²) in [6.07, 6.45) is 0. The van der Waals surface area contributed by atoms with E-state index in [4.69, 9.17) is 16.7 Å². The molecular weight excluding hydrogens is 238 g/mol. The molecule has 0 aromatic rings. The Morgan fingerprint density at radius 2 is 2.06 bits per heavy atom. The van der Waals surface area contributed by atoms with Crippen molar-refractivity contribution in [1.29, 1.82) is 0 Å². The highest BCUT2D eigenvalue weighted by molar-refractivity contribution is 6.18. The van der Waals surface area contributed by atoms with Gasteiger partial charge in [0, 0.05) is 5.88 Å². The molecule has 8 heteroatoms. The number of alkyl halides is 1. The number of nitrogens with one attached hydrogen (secondary N) is 1. The largest absolute Gasteiger partial charge is 0.480 e. The molecule has 0 aliphatic rings. The van der Waals surface area contributed by atoms with Gasteiger partial charge in [-0.2, -0.15) is 5.01 Å². The van der Waals surface area contributed by atoms with Gasteiger partial charge in [-0.05, 0) is 5.92 Å². The molecule has 0 radical (unpaired) electrons. The lowest BCUT2D eigenvalue weighted by Gasteiger charge is -2.20. The summed E-state index contributed by atoms with van der Waals surface area (Å²) in [5.74, 6) is -1.43. The molecule has 0 rings (SSSR count). The van der Waals surface area contributed by atoms with Crippen molar-refractivity contribution in [2.24, 2.45) is 11.2 Å². The fraction of sp³-hybridized carbons (Fsp3) is 0.750. The molecule has 0 spiro atoms. The Morgan fingerprint density at radius 1 is 1.50 bits per heavy atom. The van der Waals surface area contributed by atoms with E-state index in [1.54, 1.807) is 13.8 Å². The van der Waals surface area contributed by atoms with E-state index in [1.165, 1.54) is 0 Å². The van der Waals surface area contributed by atoms with E-state index in [0.29, 0.717) is 5.01 Å². The number of nitroso groups, excluding NO2 is 1. The van der Waals surface area contributed by atoms with Crippen LogP contribution in [0.2, 0.25) is 0 Å². The van der Waals surface area contributed by atoms with Crippen LogP contribution in [0.1, 0.15) is 13.8 Å². The number of hydrogen-bond acceptors (Lipinski definition) is 4. The second-order valence-corrected chi connectivity index (χ2v) is 3.78. The zero-order chi connectivity index (χ0) is 12.7. The number of hydrogen-bond donors (Lipinski definition) is 2. The number of aliphatic carboxylic acids is 1. The van der Waals surface area contributed by atoms with Crippen LogP contribution in [0.3, 0.4) is 0 Å². The molecule has 0 unspecified atom stereocenters. The fourth-order valence-electron chi connectivity index (χ4n) is 0.981. The molecule has 92 valence electrons. The van der Waals surface area contributed by atoms with Gasteiger partial charge >= 0.3 is 12.0 Å². The molecular formula is C8H14ClN3O4. The van der Waals surface area contributed by atoms with E-state index >= 15 is 0 Å². The topological polar surface area (TPSA) is 99.1 Å². The Labute approximate surface area is 97.7 Å². The number of nitrogens with zero attached hydrogens (tertiary/aromatic N) is 2. The first-order valence-corrected chi connectivity index (χ1v) is 5.17. The van der Waals surface area contributed by atoms with Crippen LogP contribution in [-0.2, 0) is 4.79 Å². The summed E-state index contributed by atoms with van der Waals surface area (Å²) < 4.78 is 0. The van der Waals surface area contributed by atoms with Crippen LogP contribution in [0.15, 0.2) is 5.29 Å². The third-order valence-corrected chi connectivity index (χ3v) is 2.01. The number of carbonyl (C=O) groups excluding carboxylic acids is 1. The minimum Gasteiger partial charge on any atom is -0.480 e. The molecule has 0 bridgehead atoms. The highest BCUT2D eigenvalue weighted by atomic mass is 35.5. The van der Waals surface area contributed by atoms with Crippen LogP contribution in [0.25, 0.3) is 0 Å². The molecule has 1 atom stereocenters. The summed E-state index contributed by atoms with van der Waals surface area (Å²) in [6.45, 7) is 3.21. The number of carbonyl (C=O) groups is 2. The molecule has 0 saturated heterocycles. The number of halogens is 1. The first-order chi connectivity index (χ1) is 7.43. The van der Waals surface area contributed by atoms with E-state index in [1.807, 2.05) is 0 Å². The number of rotatable bonds is 6. The standard InChI is InChI=1S/C8H14ClN3O4/c1-5(2)6(7(13)14)10-8(15)12(11-16)4-3-9/h5-6H,3-4H2,1-2H3,(H,10,15)(H,13,14)/t6-/m0/s1. The van der Waals surface area contributed by atoms with Crippen molar-refractivity contribution < 1.29 is 14.7 Å². The maximum Gasteiger partial charge on any atom is 0.341 e. The highest BCUT2D eigenvalue weighted by Gasteiger charge is 2.26. The first kappa shape index (κ1) is 14.6. The van der Waals surface area contributed by atoms with E-state index in [-0.39, 0.29) is 18.3 Å². The number of carboxylic acid groups (broad SMARTS) is 1. The summed E-state index contributed by atoms with van der Waals surface area (Å²) in [5, 5.41) is 14.0. The summed E-state index contributed by atoms with van der Waals surface area (Å²) in [4.78, 5) is 32.4. The Morgan fingerprint density at radius 3 is 2.38 bits per heavy atom. The van der Waals surface area contributed by atoms with Crippen molar-refractivity contribution in [2.75, 3.05) is 12.4 Å². The van der Waals surface area contributed by atoms with Gasteiger partial charge in [0.1, 0.15) is 6.04 Å². The van der Waals surface area contributed by atoms with Gasteiger partial charge in [-0.25, -0.2) is 9.59 Å². The molecule has 0 aromatic heterocycles. The third kappa shape index (κ3) is 4.43. The summed E-state index contributed by atoms with van der Waals surface area (Å²) in [5.41, 5.74) is 0. The Balaban J connectivity index is 4.49. The van der Waals surface area contributed by atoms with Crippen LogP contribution < -0.4 is 5.32 Å². The van der Waals surface area contributed by atoms with Gasteiger partial charge in [0.05, 0.1) is 11.8 Å². The lowest BCUT2D eigenvalue weighted by atomic mass is 10.1. The SMILES string of the molecule is CC(C)[C@H](NC(=O)N(CCCl)N=O)C(=O)O. The van der Waals surface area contributed by atoms with E-state index in [9.17, 15) is 14.5 Å². The molecule has 0 aliphatic carbocycles. The van der Waals surface area contributed by atoms with E-state index in [2.05, 4.69) is 10.6 Å². The van der Waals surface area contributed by atoms with Gasteiger partial charge in [-0.3, -0.25) is 0 Å². The van der Waals surface area contributed by atoms with Crippen LogP contribution in [-0.4, -0.2) is 40.6 Å². The van der Waals surface area contributed by atoms with E-state index in [0.717, 1.165) is 0 Å². The zero-order valence-corrected chi connectivity index (χ0v) is 9.77. The second-order valence-electron chi connectivity index (χ2n) is 3.40.